The minimum atomic E-state index is -3.07. The summed E-state index contributed by atoms with van der Waals surface area (Å²) in [6.45, 7) is 1.40. The van der Waals surface area contributed by atoms with Crippen LogP contribution in [0, 0.1) is 11.3 Å². The molecule has 40 heavy (non-hydrogen) atoms. The number of benzene rings is 3. The molecule has 9 heteroatoms. The highest BCUT2D eigenvalue weighted by Crippen LogP contribution is 2.27. The number of carbonyl (C=O) groups excluding carboxylic acids is 2. The lowest BCUT2D eigenvalue weighted by molar-refractivity contribution is 0.0949. The minimum Gasteiger partial charge on any atom is -0.360 e. The Morgan fingerprint density at radius 1 is 1.00 bits per heavy atom. The second-order valence-corrected chi connectivity index (χ2v) is 12.1. The Morgan fingerprint density at radius 2 is 1.75 bits per heavy atom. The van der Waals surface area contributed by atoms with Crippen molar-refractivity contribution in [2.45, 2.75) is 18.8 Å². The van der Waals surface area contributed by atoms with Gasteiger partial charge in [0.15, 0.2) is 5.78 Å². The largest absolute Gasteiger partial charge is 0.360 e. The quantitative estimate of drug-likeness (QED) is 0.168. The molecule has 0 aliphatic heterocycles. The molecule has 3 aromatic carbocycles. The summed E-state index contributed by atoms with van der Waals surface area (Å²) in [7, 11) is -3.07. The Hall–Kier alpha value is -4.26. The third-order valence-electron chi connectivity index (χ3n) is 6.73. The topological polar surface area (TPSA) is 132 Å². The summed E-state index contributed by atoms with van der Waals surface area (Å²) in [4.78, 5) is 29.5. The minimum absolute atomic E-state index is 0.0152. The van der Waals surface area contributed by atoms with Crippen LogP contribution in [0.25, 0.3) is 10.9 Å². The lowest BCUT2D eigenvalue weighted by Crippen LogP contribution is -2.28. The van der Waals surface area contributed by atoms with Gasteiger partial charge in [0.2, 0.25) is 0 Å². The van der Waals surface area contributed by atoms with Crippen LogP contribution in [0.1, 0.15) is 49.7 Å². The summed E-state index contributed by atoms with van der Waals surface area (Å²) in [5.41, 5.74) is 4.31. The normalized spacial score (nSPS) is 12.1. The number of sulfone groups is 1. The molecule has 0 saturated carbocycles. The summed E-state index contributed by atoms with van der Waals surface area (Å²) in [6.07, 6.45) is 3.97. The van der Waals surface area contributed by atoms with Crippen LogP contribution in [0.4, 0.5) is 0 Å². The van der Waals surface area contributed by atoms with Crippen molar-refractivity contribution in [3.8, 4) is 6.07 Å². The SMILES string of the molecule is CS(=O)(=O)CCCNC(=O)c1ccc2c(C(=O)C(CNCCc3ccc(C#N)cc3)c3ccccc3)c[nH]c2c1. The van der Waals surface area contributed by atoms with E-state index < -0.39 is 15.8 Å². The fourth-order valence-corrected chi connectivity index (χ4v) is 5.24. The number of nitrogens with zero attached hydrogens (tertiary/aromatic N) is 1. The van der Waals surface area contributed by atoms with Crippen molar-refractivity contribution < 1.29 is 18.0 Å². The Bertz CT molecular complexity index is 1620. The molecular formula is C31H32N4O4S. The second kappa shape index (κ2) is 13.2. The van der Waals surface area contributed by atoms with E-state index in [0.29, 0.717) is 41.7 Å². The van der Waals surface area contributed by atoms with Gasteiger partial charge in [-0.15, -0.1) is 0 Å². The lowest BCUT2D eigenvalue weighted by Gasteiger charge is -2.17. The van der Waals surface area contributed by atoms with Crippen molar-refractivity contribution >= 4 is 32.4 Å². The Morgan fingerprint density at radius 3 is 2.45 bits per heavy atom. The first kappa shape index (κ1) is 28.7. The van der Waals surface area contributed by atoms with Crippen LogP contribution in [0.15, 0.2) is 79.0 Å². The molecule has 1 heterocycles. The number of ketones is 1. The lowest BCUT2D eigenvalue weighted by atomic mass is 9.90. The van der Waals surface area contributed by atoms with Crippen LogP contribution in [-0.2, 0) is 16.3 Å². The molecule has 1 amide bonds. The van der Waals surface area contributed by atoms with Crippen LogP contribution in [0.5, 0.6) is 0 Å². The Balaban J connectivity index is 1.44. The van der Waals surface area contributed by atoms with Crippen LogP contribution in [0.2, 0.25) is 0 Å². The fourth-order valence-electron chi connectivity index (χ4n) is 4.57. The highest BCUT2D eigenvalue weighted by molar-refractivity contribution is 7.90. The van der Waals surface area contributed by atoms with Gasteiger partial charge >= 0.3 is 0 Å². The van der Waals surface area contributed by atoms with E-state index in [1.807, 2.05) is 42.5 Å². The number of amides is 1. The van der Waals surface area contributed by atoms with Crippen molar-refractivity contribution in [1.29, 1.82) is 5.26 Å². The molecule has 1 atom stereocenters. The van der Waals surface area contributed by atoms with Gasteiger partial charge in [0.1, 0.15) is 9.84 Å². The van der Waals surface area contributed by atoms with E-state index in [-0.39, 0.29) is 24.0 Å². The number of carbonyl (C=O) groups is 2. The number of Topliss-reactive ketones (excluding diaryl/α,β-unsaturated/α-hetero) is 1. The van der Waals surface area contributed by atoms with E-state index in [0.717, 1.165) is 22.9 Å². The predicted octanol–water partition coefficient (Wildman–Crippen LogP) is 4.00. The zero-order chi connectivity index (χ0) is 28.5. The number of H-pyrrole nitrogens is 1. The van der Waals surface area contributed by atoms with Gasteiger partial charge in [-0.25, -0.2) is 8.42 Å². The Labute approximate surface area is 234 Å². The van der Waals surface area contributed by atoms with Gasteiger partial charge in [-0.05, 0) is 54.8 Å². The third-order valence-corrected chi connectivity index (χ3v) is 7.76. The van der Waals surface area contributed by atoms with Crippen molar-refractivity contribution in [1.82, 2.24) is 15.6 Å². The van der Waals surface area contributed by atoms with Crippen molar-refractivity contribution in [2.75, 3.05) is 31.6 Å². The number of rotatable bonds is 13. The molecular weight excluding hydrogens is 524 g/mol. The van der Waals surface area contributed by atoms with Crippen LogP contribution in [0.3, 0.4) is 0 Å². The number of nitriles is 1. The molecule has 0 aliphatic rings. The van der Waals surface area contributed by atoms with Crippen molar-refractivity contribution in [2.24, 2.45) is 0 Å². The van der Waals surface area contributed by atoms with E-state index in [1.54, 1.807) is 36.5 Å². The zero-order valence-corrected chi connectivity index (χ0v) is 23.1. The van der Waals surface area contributed by atoms with Gasteiger partial charge < -0.3 is 15.6 Å². The molecule has 206 valence electrons. The molecule has 4 rings (SSSR count). The number of nitrogens with one attached hydrogen (secondary N) is 3. The van der Waals surface area contributed by atoms with Gasteiger partial charge in [0.05, 0.1) is 23.3 Å². The number of aromatic amines is 1. The molecule has 0 saturated heterocycles. The highest BCUT2D eigenvalue weighted by atomic mass is 32.2. The first-order valence-electron chi connectivity index (χ1n) is 13.1. The molecule has 0 spiro atoms. The third kappa shape index (κ3) is 7.65. The smallest absolute Gasteiger partial charge is 0.251 e. The first-order valence-corrected chi connectivity index (χ1v) is 15.2. The predicted molar refractivity (Wildman–Crippen MR) is 156 cm³/mol. The van der Waals surface area contributed by atoms with Crippen LogP contribution >= 0.6 is 0 Å². The standard InChI is InChI=1S/C31H32N4O4S/c1-40(38,39)17-5-15-34-31(37)25-12-13-26-28(21-35-29(26)18-25)30(36)27(24-6-3-2-4-7-24)20-33-16-14-22-8-10-23(19-32)11-9-22/h2-4,6-13,18,21,27,33,35H,5,14-17,20H2,1H3,(H,34,37). The molecule has 0 radical (unpaired) electrons. The van der Waals surface area contributed by atoms with E-state index in [1.165, 1.54) is 6.26 Å². The average molecular weight is 557 g/mol. The summed E-state index contributed by atoms with van der Waals surface area (Å²) in [6, 6.07) is 24.4. The zero-order valence-electron chi connectivity index (χ0n) is 22.3. The summed E-state index contributed by atoms with van der Waals surface area (Å²) in [5.74, 6) is -0.715. The van der Waals surface area contributed by atoms with Crippen LogP contribution < -0.4 is 10.6 Å². The van der Waals surface area contributed by atoms with E-state index in [2.05, 4.69) is 21.7 Å². The molecule has 8 nitrogen and oxygen atoms in total. The van der Waals surface area contributed by atoms with Gasteiger partial charge in [0, 0.05) is 47.6 Å². The average Bonchev–Trinajstić information content (AvgIpc) is 3.38. The van der Waals surface area contributed by atoms with Gasteiger partial charge in [-0.3, -0.25) is 9.59 Å². The molecule has 3 N–H and O–H groups in total. The number of hydrogen-bond acceptors (Lipinski definition) is 6. The van der Waals surface area contributed by atoms with Gasteiger partial charge in [0.25, 0.3) is 5.91 Å². The Kier molecular flexibility index (Phi) is 9.48. The van der Waals surface area contributed by atoms with Gasteiger partial charge in [-0.1, -0.05) is 48.5 Å². The van der Waals surface area contributed by atoms with Crippen molar-refractivity contribution in [3.63, 3.8) is 0 Å². The van der Waals surface area contributed by atoms with Gasteiger partial charge in [-0.2, -0.15) is 5.26 Å². The van der Waals surface area contributed by atoms with E-state index >= 15 is 0 Å². The van der Waals surface area contributed by atoms with E-state index in [9.17, 15) is 18.0 Å². The molecule has 1 aromatic heterocycles. The monoisotopic (exact) mass is 556 g/mol. The maximum atomic E-state index is 13.8. The summed E-state index contributed by atoms with van der Waals surface area (Å²) in [5, 5.41) is 15.9. The molecule has 4 aromatic rings. The summed E-state index contributed by atoms with van der Waals surface area (Å²) < 4.78 is 22.6. The van der Waals surface area contributed by atoms with E-state index in [4.69, 9.17) is 5.26 Å². The number of aromatic nitrogens is 1. The summed E-state index contributed by atoms with van der Waals surface area (Å²) >= 11 is 0. The number of fused-ring (bicyclic) bond motifs is 1. The first-order chi connectivity index (χ1) is 19.2. The van der Waals surface area contributed by atoms with Crippen molar-refractivity contribution in [3.05, 3.63) is 107 Å². The fraction of sp³-hybridized carbons (Fsp3) is 0.258. The second-order valence-electron chi connectivity index (χ2n) is 9.79. The maximum absolute atomic E-state index is 13.8. The molecule has 0 fully saturated rings. The number of hydrogen-bond donors (Lipinski definition) is 3. The molecule has 0 bridgehead atoms. The van der Waals surface area contributed by atoms with Crippen LogP contribution in [-0.4, -0.2) is 56.7 Å². The highest BCUT2D eigenvalue weighted by Gasteiger charge is 2.24. The maximum Gasteiger partial charge on any atom is 0.251 e. The molecule has 0 aliphatic carbocycles. The molecule has 1 unspecified atom stereocenters.